The summed E-state index contributed by atoms with van der Waals surface area (Å²) in [4.78, 5) is 4.49. The molecular weight excluding hydrogens is 208 g/mol. The first kappa shape index (κ1) is 11.9. The van der Waals surface area contributed by atoms with Gasteiger partial charge in [-0.3, -0.25) is 0 Å². The summed E-state index contributed by atoms with van der Waals surface area (Å²) in [6, 6.07) is 3.62. The van der Waals surface area contributed by atoms with Crippen LogP contribution in [0.2, 0.25) is 0 Å². The van der Waals surface area contributed by atoms with E-state index in [1.54, 1.807) is 12.3 Å². The van der Waals surface area contributed by atoms with E-state index in [0.29, 0.717) is 10.9 Å². The number of nitrogens with two attached hydrogens (primary N) is 1. The predicted molar refractivity (Wildman–Crippen MR) is 65.1 cm³/mol. The van der Waals surface area contributed by atoms with Crippen LogP contribution in [0.5, 0.6) is 5.88 Å². The Bertz CT molecular complexity index is 324. The summed E-state index contributed by atoms with van der Waals surface area (Å²) in [6.45, 7) is 4.16. The van der Waals surface area contributed by atoms with Gasteiger partial charge in [0, 0.05) is 17.8 Å². The first-order valence-corrected chi connectivity index (χ1v) is 5.46. The van der Waals surface area contributed by atoms with E-state index in [-0.39, 0.29) is 6.10 Å². The van der Waals surface area contributed by atoms with E-state index in [2.05, 4.69) is 11.9 Å². The van der Waals surface area contributed by atoms with Crippen LogP contribution >= 0.6 is 12.2 Å². The third-order valence-electron chi connectivity index (χ3n) is 2.04. The van der Waals surface area contributed by atoms with Crippen LogP contribution in [0.15, 0.2) is 18.3 Å². The van der Waals surface area contributed by atoms with E-state index in [1.165, 1.54) is 0 Å². The van der Waals surface area contributed by atoms with Gasteiger partial charge in [-0.25, -0.2) is 4.98 Å². The largest absolute Gasteiger partial charge is 0.475 e. The molecular formula is C11H16N2OS. The number of rotatable bonds is 5. The predicted octanol–water partition coefficient (Wildman–Crippen LogP) is 2.28. The Morgan fingerprint density at radius 2 is 2.33 bits per heavy atom. The van der Waals surface area contributed by atoms with Gasteiger partial charge in [0.2, 0.25) is 5.88 Å². The normalized spacial score (nSPS) is 12.1. The molecule has 1 atom stereocenters. The van der Waals surface area contributed by atoms with Crippen molar-refractivity contribution in [3.63, 3.8) is 0 Å². The molecule has 0 bridgehead atoms. The minimum Gasteiger partial charge on any atom is -0.475 e. The molecule has 0 fully saturated rings. The lowest BCUT2D eigenvalue weighted by molar-refractivity contribution is 0.201. The van der Waals surface area contributed by atoms with Gasteiger partial charge in [-0.2, -0.15) is 0 Å². The van der Waals surface area contributed by atoms with Gasteiger partial charge in [0.1, 0.15) is 4.99 Å². The summed E-state index contributed by atoms with van der Waals surface area (Å²) in [6.07, 6.45) is 3.96. The molecule has 15 heavy (non-hydrogen) atoms. The highest BCUT2D eigenvalue weighted by atomic mass is 32.1. The maximum atomic E-state index is 5.59. The molecule has 0 spiro atoms. The van der Waals surface area contributed by atoms with Crippen molar-refractivity contribution in [2.45, 2.75) is 32.8 Å². The van der Waals surface area contributed by atoms with Crippen molar-refractivity contribution in [2.75, 3.05) is 0 Å². The second kappa shape index (κ2) is 5.66. The molecule has 1 rings (SSSR count). The number of nitrogens with zero attached hydrogens (tertiary/aromatic N) is 1. The van der Waals surface area contributed by atoms with Gasteiger partial charge >= 0.3 is 0 Å². The average Bonchev–Trinajstić information content (AvgIpc) is 2.18. The summed E-state index contributed by atoms with van der Waals surface area (Å²) < 4.78 is 5.59. The molecule has 1 aromatic heterocycles. The smallest absolute Gasteiger partial charge is 0.213 e. The Balaban J connectivity index is 2.60. The number of pyridine rings is 1. The summed E-state index contributed by atoms with van der Waals surface area (Å²) in [5.74, 6) is 0.621. The molecule has 1 heterocycles. The number of aromatic nitrogens is 1. The molecule has 1 unspecified atom stereocenters. The van der Waals surface area contributed by atoms with E-state index < -0.39 is 0 Å². The molecule has 0 aliphatic carbocycles. The maximum absolute atomic E-state index is 5.59. The zero-order valence-corrected chi connectivity index (χ0v) is 9.88. The molecule has 0 saturated heterocycles. The fourth-order valence-electron chi connectivity index (χ4n) is 1.27. The summed E-state index contributed by atoms with van der Waals surface area (Å²) >= 11 is 4.83. The van der Waals surface area contributed by atoms with E-state index in [4.69, 9.17) is 22.7 Å². The molecule has 3 nitrogen and oxygen atoms in total. The SMILES string of the molecule is CCCC(C)Oc1ccc(C(N)=S)cn1. The molecule has 1 aromatic rings. The second-order valence-corrected chi connectivity index (χ2v) is 3.91. The highest BCUT2D eigenvalue weighted by molar-refractivity contribution is 7.80. The third-order valence-corrected chi connectivity index (χ3v) is 2.27. The lowest BCUT2D eigenvalue weighted by atomic mass is 10.2. The lowest BCUT2D eigenvalue weighted by Gasteiger charge is -2.12. The van der Waals surface area contributed by atoms with Gasteiger partial charge in [0.05, 0.1) is 6.10 Å². The number of hydrogen-bond donors (Lipinski definition) is 1. The van der Waals surface area contributed by atoms with Crippen LogP contribution in [0, 0.1) is 0 Å². The second-order valence-electron chi connectivity index (χ2n) is 3.47. The van der Waals surface area contributed by atoms with Gasteiger partial charge in [0.15, 0.2) is 0 Å². The van der Waals surface area contributed by atoms with Crippen LogP contribution in [-0.4, -0.2) is 16.1 Å². The van der Waals surface area contributed by atoms with Gasteiger partial charge < -0.3 is 10.5 Å². The topological polar surface area (TPSA) is 48.1 Å². The highest BCUT2D eigenvalue weighted by Gasteiger charge is 2.04. The lowest BCUT2D eigenvalue weighted by Crippen LogP contribution is -2.13. The average molecular weight is 224 g/mol. The highest BCUT2D eigenvalue weighted by Crippen LogP contribution is 2.11. The fraction of sp³-hybridized carbons (Fsp3) is 0.455. The molecule has 82 valence electrons. The van der Waals surface area contributed by atoms with Gasteiger partial charge in [-0.05, 0) is 19.4 Å². The first-order valence-electron chi connectivity index (χ1n) is 5.06. The van der Waals surface area contributed by atoms with E-state index in [9.17, 15) is 0 Å². The van der Waals surface area contributed by atoms with Crippen LogP contribution in [0.4, 0.5) is 0 Å². The molecule has 0 radical (unpaired) electrons. The van der Waals surface area contributed by atoms with Crippen LogP contribution in [0.1, 0.15) is 32.3 Å². The molecule has 0 aliphatic rings. The van der Waals surface area contributed by atoms with Crippen molar-refractivity contribution in [1.82, 2.24) is 4.98 Å². The quantitative estimate of drug-likeness (QED) is 0.779. The molecule has 0 saturated carbocycles. The van der Waals surface area contributed by atoms with Crippen molar-refractivity contribution in [1.29, 1.82) is 0 Å². The van der Waals surface area contributed by atoms with Crippen molar-refractivity contribution in [2.24, 2.45) is 5.73 Å². The Morgan fingerprint density at radius 1 is 1.60 bits per heavy atom. The minimum atomic E-state index is 0.193. The van der Waals surface area contributed by atoms with Crippen LogP contribution < -0.4 is 10.5 Å². The van der Waals surface area contributed by atoms with Crippen LogP contribution in [0.25, 0.3) is 0 Å². The van der Waals surface area contributed by atoms with E-state index in [1.807, 2.05) is 13.0 Å². The Labute approximate surface area is 95.7 Å². The van der Waals surface area contributed by atoms with Gasteiger partial charge in [-0.15, -0.1) is 0 Å². The molecule has 4 heteroatoms. The number of ether oxygens (including phenoxy) is 1. The monoisotopic (exact) mass is 224 g/mol. The van der Waals surface area contributed by atoms with E-state index in [0.717, 1.165) is 18.4 Å². The summed E-state index contributed by atoms with van der Waals surface area (Å²) in [5.41, 5.74) is 6.23. The zero-order valence-electron chi connectivity index (χ0n) is 9.06. The fourth-order valence-corrected chi connectivity index (χ4v) is 1.39. The van der Waals surface area contributed by atoms with Crippen molar-refractivity contribution in [3.8, 4) is 5.88 Å². The molecule has 0 aromatic carbocycles. The van der Waals surface area contributed by atoms with E-state index >= 15 is 0 Å². The Hall–Kier alpha value is -1.16. The van der Waals surface area contributed by atoms with Crippen molar-refractivity contribution >= 4 is 17.2 Å². The minimum absolute atomic E-state index is 0.193. The standard InChI is InChI=1S/C11H16N2OS/c1-3-4-8(2)14-10-6-5-9(7-13-10)11(12)15/h5-8H,3-4H2,1-2H3,(H2,12,15). The summed E-state index contributed by atoms with van der Waals surface area (Å²) in [7, 11) is 0. The molecule has 0 amide bonds. The van der Waals surface area contributed by atoms with Gasteiger partial charge in [0.25, 0.3) is 0 Å². The summed E-state index contributed by atoms with van der Waals surface area (Å²) in [5, 5.41) is 0. The van der Waals surface area contributed by atoms with Crippen molar-refractivity contribution in [3.05, 3.63) is 23.9 Å². The van der Waals surface area contributed by atoms with Gasteiger partial charge in [-0.1, -0.05) is 25.6 Å². The molecule has 2 N–H and O–H groups in total. The Morgan fingerprint density at radius 3 is 2.80 bits per heavy atom. The third kappa shape index (κ3) is 3.83. The van der Waals surface area contributed by atoms with Crippen LogP contribution in [-0.2, 0) is 0 Å². The number of hydrogen-bond acceptors (Lipinski definition) is 3. The zero-order chi connectivity index (χ0) is 11.3. The Kier molecular flexibility index (Phi) is 4.49. The number of thiocarbonyl (C=S) groups is 1. The van der Waals surface area contributed by atoms with Crippen LogP contribution in [0.3, 0.4) is 0 Å². The molecule has 0 aliphatic heterocycles. The van der Waals surface area contributed by atoms with Crippen molar-refractivity contribution < 1.29 is 4.74 Å². The maximum Gasteiger partial charge on any atom is 0.213 e. The first-order chi connectivity index (χ1) is 7.13.